The number of para-hydroxylation sites is 1. The van der Waals surface area contributed by atoms with E-state index in [2.05, 4.69) is 0 Å². The molecule has 1 aliphatic heterocycles. The monoisotopic (exact) mass is 337 g/mol. The average molecular weight is 337 g/mol. The van der Waals surface area contributed by atoms with Crippen molar-refractivity contribution >= 4 is 46.3 Å². The molecule has 0 radical (unpaired) electrons. The second-order valence-corrected chi connectivity index (χ2v) is 6.21. The highest BCUT2D eigenvalue weighted by Crippen LogP contribution is 2.35. The molecule has 0 aliphatic carbocycles. The van der Waals surface area contributed by atoms with Gasteiger partial charge < -0.3 is 9.84 Å². The Morgan fingerprint density at radius 1 is 1.50 bits per heavy atom. The van der Waals surface area contributed by atoms with E-state index in [0.717, 1.165) is 22.2 Å². The first kappa shape index (κ1) is 16.5. The van der Waals surface area contributed by atoms with Crippen molar-refractivity contribution in [3.05, 3.63) is 34.7 Å². The molecule has 1 amide bonds. The number of nitrogens with zero attached hydrogens (tertiary/aromatic N) is 1. The molecule has 1 saturated heterocycles. The van der Waals surface area contributed by atoms with Gasteiger partial charge in [0.05, 0.1) is 11.5 Å². The van der Waals surface area contributed by atoms with Crippen LogP contribution in [0.25, 0.3) is 6.08 Å². The van der Waals surface area contributed by atoms with Crippen LogP contribution in [0.2, 0.25) is 0 Å². The van der Waals surface area contributed by atoms with Gasteiger partial charge in [-0.1, -0.05) is 42.2 Å². The van der Waals surface area contributed by atoms with Crippen molar-refractivity contribution in [2.75, 3.05) is 6.61 Å². The predicted molar refractivity (Wildman–Crippen MR) is 89.7 cm³/mol. The Bertz CT molecular complexity index is 657. The molecule has 7 heteroatoms. The molecule has 1 heterocycles. The lowest BCUT2D eigenvalue weighted by atomic mass is 10.2. The van der Waals surface area contributed by atoms with Gasteiger partial charge in [0.15, 0.2) is 0 Å². The van der Waals surface area contributed by atoms with Gasteiger partial charge >= 0.3 is 5.97 Å². The maximum Gasteiger partial charge on any atom is 0.326 e. The number of amides is 1. The average Bonchev–Trinajstić information content (AvgIpc) is 2.75. The van der Waals surface area contributed by atoms with Crippen LogP contribution in [-0.2, 0) is 9.59 Å². The van der Waals surface area contributed by atoms with Crippen LogP contribution in [0.4, 0.5) is 0 Å². The van der Waals surface area contributed by atoms with E-state index in [1.54, 1.807) is 6.08 Å². The molecule has 0 bridgehead atoms. The molecule has 0 spiro atoms. The third-order valence-electron chi connectivity index (χ3n) is 3.07. The Morgan fingerprint density at radius 2 is 2.18 bits per heavy atom. The van der Waals surface area contributed by atoms with Crippen molar-refractivity contribution in [3.8, 4) is 5.75 Å². The molecule has 1 aromatic carbocycles. The SMILES string of the molecule is CCOc1ccccc1/C=C1/SC(=S)N([C@@H](C)C(=O)O)C1=O. The zero-order valence-electron chi connectivity index (χ0n) is 12.1. The lowest BCUT2D eigenvalue weighted by Crippen LogP contribution is -2.41. The quantitative estimate of drug-likeness (QED) is 0.658. The molecular formula is C15H15NO4S2. The van der Waals surface area contributed by atoms with Crippen molar-refractivity contribution in [3.63, 3.8) is 0 Å². The molecule has 1 aromatic rings. The summed E-state index contributed by atoms with van der Waals surface area (Å²) in [6.45, 7) is 3.83. The summed E-state index contributed by atoms with van der Waals surface area (Å²) in [6.07, 6.45) is 1.68. The molecule has 1 atom stereocenters. The molecule has 1 N–H and O–H groups in total. The minimum atomic E-state index is -1.09. The molecule has 1 fully saturated rings. The summed E-state index contributed by atoms with van der Waals surface area (Å²) in [5.74, 6) is -0.815. The van der Waals surface area contributed by atoms with Gasteiger partial charge in [-0.2, -0.15) is 0 Å². The standard InChI is InChI=1S/C15H15NO4S2/c1-3-20-11-7-5-4-6-10(11)8-12-13(17)16(15(21)22-12)9(2)14(18)19/h4-9H,3H2,1-2H3,(H,18,19)/b12-8+/t9-/m0/s1. The van der Waals surface area contributed by atoms with Gasteiger partial charge in [0.2, 0.25) is 0 Å². The third kappa shape index (κ3) is 3.31. The summed E-state index contributed by atoms with van der Waals surface area (Å²) < 4.78 is 5.77. The van der Waals surface area contributed by atoms with E-state index in [1.165, 1.54) is 6.92 Å². The zero-order valence-corrected chi connectivity index (χ0v) is 13.7. The Morgan fingerprint density at radius 3 is 2.82 bits per heavy atom. The number of benzene rings is 1. The van der Waals surface area contributed by atoms with Crippen molar-refractivity contribution in [1.82, 2.24) is 4.90 Å². The number of carboxylic acids is 1. The number of carbonyl (C=O) groups excluding carboxylic acids is 1. The van der Waals surface area contributed by atoms with E-state index in [9.17, 15) is 9.59 Å². The van der Waals surface area contributed by atoms with Crippen LogP contribution in [0, 0.1) is 0 Å². The highest BCUT2D eigenvalue weighted by Gasteiger charge is 2.38. The fourth-order valence-electron chi connectivity index (χ4n) is 1.95. The lowest BCUT2D eigenvalue weighted by Gasteiger charge is -2.18. The van der Waals surface area contributed by atoms with Crippen molar-refractivity contribution in [2.45, 2.75) is 19.9 Å². The van der Waals surface area contributed by atoms with E-state index < -0.39 is 17.9 Å². The second-order valence-electron chi connectivity index (χ2n) is 4.54. The van der Waals surface area contributed by atoms with Gasteiger partial charge in [0.1, 0.15) is 16.1 Å². The Labute approximate surface area is 137 Å². The molecule has 22 heavy (non-hydrogen) atoms. The van der Waals surface area contributed by atoms with Crippen molar-refractivity contribution in [2.24, 2.45) is 0 Å². The summed E-state index contributed by atoms with van der Waals surface area (Å²) in [5, 5.41) is 9.07. The highest BCUT2D eigenvalue weighted by atomic mass is 32.2. The lowest BCUT2D eigenvalue weighted by molar-refractivity contribution is -0.144. The molecule has 1 aliphatic rings. The van der Waals surface area contributed by atoms with Crippen LogP contribution in [0.5, 0.6) is 5.75 Å². The summed E-state index contributed by atoms with van der Waals surface area (Å²) in [5.41, 5.74) is 0.757. The fraction of sp³-hybridized carbons (Fsp3) is 0.267. The van der Waals surface area contributed by atoms with E-state index in [1.807, 2.05) is 31.2 Å². The Balaban J connectivity index is 2.33. The number of ether oxygens (including phenoxy) is 1. The van der Waals surface area contributed by atoms with Crippen LogP contribution in [0.3, 0.4) is 0 Å². The number of carboxylic acid groups (broad SMARTS) is 1. The molecule has 0 unspecified atom stereocenters. The number of hydrogen-bond acceptors (Lipinski definition) is 5. The topological polar surface area (TPSA) is 66.8 Å². The maximum absolute atomic E-state index is 12.4. The van der Waals surface area contributed by atoms with E-state index in [-0.39, 0.29) is 4.32 Å². The smallest absolute Gasteiger partial charge is 0.326 e. The fourth-order valence-corrected chi connectivity index (χ4v) is 3.36. The van der Waals surface area contributed by atoms with E-state index in [4.69, 9.17) is 22.1 Å². The van der Waals surface area contributed by atoms with Crippen LogP contribution < -0.4 is 4.74 Å². The minimum absolute atomic E-state index is 0.250. The summed E-state index contributed by atoms with van der Waals surface area (Å²) in [7, 11) is 0. The van der Waals surface area contributed by atoms with Gasteiger partial charge in [-0.15, -0.1) is 0 Å². The normalized spacial score (nSPS) is 17.9. The number of rotatable bonds is 5. The number of thiocarbonyl (C=S) groups is 1. The second kappa shape index (κ2) is 6.93. The van der Waals surface area contributed by atoms with Crippen molar-refractivity contribution < 1.29 is 19.4 Å². The number of carbonyl (C=O) groups is 2. The van der Waals surface area contributed by atoms with Crippen LogP contribution >= 0.6 is 24.0 Å². The number of aliphatic carboxylic acids is 1. The highest BCUT2D eigenvalue weighted by molar-refractivity contribution is 8.26. The summed E-state index contributed by atoms with van der Waals surface area (Å²) in [6, 6.07) is 6.35. The van der Waals surface area contributed by atoms with Crippen LogP contribution in [-0.4, -0.2) is 38.9 Å². The zero-order chi connectivity index (χ0) is 16.3. The van der Waals surface area contributed by atoms with Gasteiger partial charge in [-0.25, -0.2) is 4.79 Å². The van der Waals surface area contributed by atoms with Gasteiger partial charge in [0, 0.05) is 5.56 Å². The Hall–Kier alpha value is -1.86. The van der Waals surface area contributed by atoms with Gasteiger partial charge in [0.25, 0.3) is 5.91 Å². The van der Waals surface area contributed by atoms with E-state index in [0.29, 0.717) is 17.3 Å². The van der Waals surface area contributed by atoms with Gasteiger partial charge in [-0.05, 0) is 26.0 Å². The van der Waals surface area contributed by atoms with Gasteiger partial charge in [-0.3, -0.25) is 9.69 Å². The number of hydrogen-bond donors (Lipinski definition) is 1. The summed E-state index contributed by atoms with van der Waals surface area (Å²) in [4.78, 5) is 25.0. The third-order valence-corrected chi connectivity index (χ3v) is 4.40. The van der Waals surface area contributed by atoms with Crippen LogP contribution in [0.15, 0.2) is 29.2 Å². The first-order chi connectivity index (χ1) is 10.5. The minimum Gasteiger partial charge on any atom is -0.493 e. The summed E-state index contributed by atoms with van der Waals surface area (Å²) >= 11 is 6.22. The largest absolute Gasteiger partial charge is 0.493 e. The Kier molecular flexibility index (Phi) is 5.20. The molecule has 0 saturated carbocycles. The maximum atomic E-state index is 12.4. The predicted octanol–water partition coefficient (Wildman–Crippen LogP) is 2.76. The van der Waals surface area contributed by atoms with Crippen LogP contribution in [0.1, 0.15) is 19.4 Å². The molecular weight excluding hydrogens is 322 g/mol. The van der Waals surface area contributed by atoms with Crippen molar-refractivity contribution in [1.29, 1.82) is 0 Å². The molecule has 2 rings (SSSR count). The number of thioether (sulfide) groups is 1. The van der Waals surface area contributed by atoms with E-state index >= 15 is 0 Å². The molecule has 116 valence electrons. The first-order valence-electron chi connectivity index (χ1n) is 6.67. The molecule has 0 aromatic heterocycles. The first-order valence-corrected chi connectivity index (χ1v) is 7.90. The molecule has 5 nitrogen and oxygen atoms in total.